The van der Waals surface area contributed by atoms with E-state index in [4.69, 9.17) is 0 Å². The quantitative estimate of drug-likeness (QED) is 0.678. The van der Waals surface area contributed by atoms with E-state index in [0.717, 1.165) is 54.5 Å². The Bertz CT molecular complexity index is 1010. The summed E-state index contributed by atoms with van der Waals surface area (Å²) in [7, 11) is 0. The Hall–Kier alpha value is -3.08. The van der Waals surface area contributed by atoms with Gasteiger partial charge in [-0.05, 0) is 24.3 Å². The van der Waals surface area contributed by atoms with E-state index in [1.54, 1.807) is 12.4 Å². The molecule has 1 aromatic carbocycles. The van der Waals surface area contributed by atoms with Crippen LogP contribution >= 0.6 is 11.8 Å². The van der Waals surface area contributed by atoms with Gasteiger partial charge in [0.15, 0.2) is 0 Å². The molecular weight excluding hydrogens is 417 g/mol. The molecule has 30 heavy (non-hydrogen) atoms. The molecule has 156 valence electrons. The number of nitrogens with zero attached hydrogens (tertiary/aromatic N) is 5. The second kappa shape index (κ2) is 8.34. The molecule has 1 amide bonds. The van der Waals surface area contributed by atoms with Crippen molar-refractivity contribution in [2.24, 2.45) is 0 Å². The van der Waals surface area contributed by atoms with Crippen LogP contribution in [0.3, 0.4) is 0 Å². The van der Waals surface area contributed by atoms with Crippen LogP contribution in [0, 0.1) is 0 Å². The van der Waals surface area contributed by atoms with Gasteiger partial charge in [0.05, 0.1) is 41.7 Å². The third kappa shape index (κ3) is 4.56. The molecule has 1 fully saturated rings. The van der Waals surface area contributed by atoms with Gasteiger partial charge in [0.25, 0.3) is 11.9 Å². The normalized spacial score (nSPS) is 14.6. The molecule has 3 heterocycles. The molecule has 0 spiro atoms. The van der Waals surface area contributed by atoms with Crippen molar-refractivity contribution in [2.45, 2.75) is 6.18 Å². The number of anilines is 2. The maximum atomic E-state index is 12.6. The fourth-order valence-electron chi connectivity index (χ4n) is 2.93. The average Bonchev–Trinajstić information content (AvgIpc) is 3.22. The van der Waals surface area contributed by atoms with E-state index in [0.29, 0.717) is 11.6 Å². The first-order valence-electron chi connectivity index (χ1n) is 9.08. The summed E-state index contributed by atoms with van der Waals surface area (Å²) in [6, 6.07) is 4.00. The van der Waals surface area contributed by atoms with Crippen LogP contribution in [0.4, 0.5) is 24.5 Å². The topological polar surface area (TPSA) is 75.9 Å². The number of carbonyl (C=O) groups excluding carboxylic acids is 1. The molecule has 4 rings (SSSR count). The summed E-state index contributed by atoms with van der Waals surface area (Å²) in [6.07, 6.45) is 1.98. The highest BCUT2D eigenvalue weighted by Crippen LogP contribution is 2.29. The van der Waals surface area contributed by atoms with Crippen molar-refractivity contribution in [3.05, 3.63) is 60.2 Å². The van der Waals surface area contributed by atoms with Gasteiger partial charge in [0.2, 0.25) is 0 Å². The van der Waals surface area contributed by atoms with Crippen molar-refractivity contribution in [3.63, 3.8) is 0 Å². The first-order valence-corrected chi connectivity index (χ1v) is 10.2. The number of carbonyl (C=O) groups is 1. The standard InChI is InChI=1S/C19H17F3N6OS/c20-19(21,22)14-3-1-13(2-4-14)17(29)26-15-9-25-28(12-15)18-23-10-16(11-24-18)27-5-7-30-8-6-27/h1-4,9-12H,5-8H2,(H,26,29). The van der Waals surface area contributed by atoms with E-state index in [2.05, 4.69) is 25.3 Å². The lowest BCUT2D eigenvalue weighted by atomic mass is 10.1. The number of nitrogens with one attached hydrogen (secondary N) is 1. The number of hydrogen-bond donors (Lipinski definition) is 1. The van der Waals surface area contributed by atoms with E-state index in [1.165, 1.54) is 17.1 Å². The Balaban J connectivity index is 1.42. The van der Waals surface area contributed by atoms with Crippen LogP contribution < -0.4 is 10.2 Å². The van der Waals surface area contributed by atoms with Crippen molar-refractivity contribution >= 4 is 29.0 Å². The minimum Gasteiger partial charge on any atom is -0.367 e. The van der Waals surface area contributed by atoms with Gasteiger partial charge in [-0.25, -0.2) is 14.6 Å². The summed E-state index contributed by atoms with van der Waals surface area (Å²) in [4.78, 5) is 23.2. The van der Waals surface area contributed by atoms with Gasteiger partial charge in [-0.2, -0.15) is 30.0 Å². The van der Waals surface area contributed by atoms with Crippen molar-refractivity contribution in [1.29, 1.82) is 0 Å². The zero-order valence-electron chi connectivity index (χ0n) is 15.6. The largest absolute Gasteiger partial charge is 0.416 e. The molecule has 3 aromatic rings. The van der Waals surface area contributed by atoms with Crippen LogP contribution in [-0.4, -0.2) is 50.3 Å². The molecule has 0 aliphatic carbocycles. The van der Waals surface area contributed by atoms with E-state index >= 15 is 0 Å². The lowest BCUT2D eigenvalue weighted by Gasteiger charge is -2.27. The van der Waals surface area contributed by atoms with Gasteiger partial charge in [-0.3, -0.25) is 4.79 Å². The van der Waals surface area contributed by atoms with Crippen LogP contribution in [0.1, 0.15) is 15.9 Å². The predicted molar refractivity (Wildman–Crippen MR) is 108 cm³/mol. The summed E-state index contributed by atoms with van der Waals surface area (Å²) >= 11 is 1.92. The predicted octanol–water partition coefficient (Wildman–Crippen LogP) is 3.49. The number of alkyl halides is 3. The zero-order valence-corrected chi connectivity index (χ0v) is 16.5. The molecule has 1 saturated heterocycles. The molecule has 11 heteroatoms. The zero-order chi connectivity index (χ0) is 21.1. The highest BCUT2D eigenvalue weighted by atomic mass is 32.2. The molecule has 0 radical (unpaired) electrons. The Labute approximate surface area is 174 Å². The Morgan fingerprint density at radius 1 is 1.03 bits per heavy atom. The molecule has 0 unspecified atom stereocenters. The summed E-state index contributed by atoms with van der Waals surface area (Å²) in [5, 5.41) is 6.73. The molecule has 1 aliphatic rings. The number of halogens is 3. The Morgan fingerprint density at radius 3 is 2.33 bits per heavy atom. The van der Waals surface area contributed by atoms with E-state index in [9.17, 15) is 18.0 Å². The lowest BCUT2D eigenvalue weighted by Crippen LogP contribution is -2.32. The fraction of sp³-hybridized carbons (Fsp3) is 0.263. The fourth-order valence-corrected chi connectivity index (χ4v) is 3.83. The Morgan fingerprint density at radius 2 is 1.70 bits per heavy atom. The third-order valence-corrected chi connectivity index (χ3v) is 5.46. The van der Waals surface area contributed by atoms with Crippen molar-refractivity contribution < 1.29 is 18.0 Å². The third-order valence-electron chi connectivity index (χ3n) is 4.52. The van der Waals surface area contributed by atoms with Gasteiger partial charge in [-0.15, -0.1) is 0 Å². The van der Waals surface area contributed by atoms with Gasteiger partial charge >= 0.3 is 6.18 Å². The van der Waals surface area contributed by atoms with Gasteiger partial charge in [0, 0.05) is 30.2 Å². The highest BCUT2D eigenvalue weighted by molar-refractivity contribution is 7.99. The molecule has 0 saturated carbocycles. The summed E-state index contributed by atoms with van der Waals surface area (Å²) < 4.78 is 39.3. The molecule has 7 nitrogen and oxygen atoms in total. The number of benzene rings is 1. The maximum absolute atomic E-state index is 12.6. The van der Waals surface area contributed by atoms with Crippen LogP contribution in [-0.2, 0) is 6.18 Å². The monoisotopic (exact) mass is 434 g/mol. The minimum absolute atomic E-state index is 0.107. The molecule has 1 N–H and O–H groups in total. The molecule has 1 aliphatic heterocycles. The number of amides is 1. The molecule has 0 bridgehead atoms. The molecular formula is C19H17F3N6OS. The SMILES string of the molecule is O=C(Nc1cnn(-c2ncc(N3CCSCC3)cn2)c1)c1ccc(C(F)(F)F)cc1. The lowest BCUT2D eigenvalue weighted by molar-refractivity contribution is -0.137. The van der Waals surface area contributed by atoms with E-state index in [1.807, 2.05) is 11.8 Å². The summed E-state index contributed by atoms with van der Waals surface area (Å²) in [5.74, 6) is 1.95. The maximum Gasteiger partial charge on any atom is 0.416 e. The van der Waals surface area contributed by atoms with E-state index in [-0.39, 0.29) is 5.56 Å². The summed E-state index contributed by atoms with van der Waals surface area (Å²) in [5.41, 5.74) is 0.620. The van der Waals surface area contributed by atoms with Crippen LogP contribution in [0.25, 0.3) is 5.95 Å². The number of aromatic nitrogens is 4. The Kier molecular flexibility index (Phi) is 5.62. The van der Waals surface area contributed by atoms with Gasteiger partial charge in [-0.1, -0.05) is 0 Å². The first-order chi connectivity index (χ1) is 14.4. The average molecular weight is 434 g/mol. The highest BCUT2D eigenvalue weighted by Gasteiger charge is 2.30. The van der Waals surface area contributed by atoms with Crippen molar-refractivity contribution in [2.75, 3.05) is 34.8 Å². The number of thioether (sulfide) groups is 1. The van der Waals surface area contributed by atoms with Gasteiger partial charge < -0.3 is 10.2 Å². The first kappa shape index (κ1) is 20.2. The molecule has 2 aromatic heterocycles. The second-order valence-electron chi connectivity index (χ2n) is 6.54. The summed E-state index contributed by atoms with van der Waals surface area (Å²) in [6.45, 7) is 1.91. The minimum atomic E-state index is -4.45. The van der Waals surface area contributed by atoms with Crippen LogP contribution in [0.5, 0.6) is 0 Å². The van der Waals surface area contributed by atoms with Crippen LogP contribution in [0.2, 0.25) is 0 Å². The smallest absolute Gasteiger partial charge is 0.367 e. The van der Waals surface area contributed by atoms with Crippen molar-refractivity contribution in [1.82, 2.24) is 19.7 Å². The van der Waals surface area contributed by atoms with Gasteiger partial charge in [0.1, 0.15) is 0 Å². The number of hydrogen-bond acceptors (Lipinski definition) is 6. The van der Waals surface area contributed by atoms with Crippen molar-refractivity contribution in [3.8, 4) is 5.95 Å². The second-order valence-corrected chi connectivity index (χ2v) is 7.77. The van der Waals surface area contributed by atoms with E-state index < -0.39 is 17.6 Å². The number of rotatable bonds is 4. The molecule has 0 atom stereocenters. The van der Waals surface area contributed by atoms with Crippen LogP contribution in [0.15, 0.2) is 49.1 Å².